The molecular formula is C14H19BrN2O2. The van der Waals surface area contributed by atoms with Gasteiger partial charge in [-0.2, -0.15) is 0 Å². The van der Waals surface area contributed by atoms with Crippen molar-refractivity contribution in [2.45, 2.75) is 25.4 Å². The van der Waals surface area contributed by atoms with Crippen molar-refractivity contribution >= 4 is 21.9 Å². The minimum Gasteiger partial charge on any atom is -0.478 e. The second-order valence-electron chi connectivity index (χ2n) is 5.01. The Bertz CT molecular complexity index is 459. The number of hydrogen-bond donors (Lipinski definition) is 2. The molecule has 1 aliphatic heterocycles. The van der Waals surface area contributed by atoms with E-state index in [-0.39, 0.29) is 0 Å². The highest BCUT2D eigenvalue weighted by molar-refractivity contribution is 9.10. The van der Waals surface area contributed by atoms with E-state index >= 15 is 0 Å². The van der Waals surface area contributed by atoms with Crippen molar-refractivity contribution in [2.24, 2.45) is 0 Å². The average molecular weight is 327 g/mol. The van der Waals surface area contributed by atoms with Crippen LogP contribution < -0.4 is 5.32 Å². The molecular weight excluding hydrogens is 308 g/mol. The Labute approximate surface area is 121 Å². The van der Waals surface area contributed by atoms with E-state index in [0.29, 0.717) is 11.6 Å². The fourth-order valence-corrected chi connectivity index (χ4v) is 2.96. The Kier molecular flexibility index (Phi) is 4.96. The lowest BCUT2D eigenvalue weighted by molar-refractivity contribution is 0.0696. The van der Waals surface area contributed by atoms with Gasteiger partial charge in [0.1, 0.15) is 0 Å². The molecule has 104 valence electrons. The number of nitrogens with zero attached hydrogens (tertiary/aromatic N) is 1. The molecule has 1 saturated heterocycles. The monoisotopic (exact) mass is 326 g/mol. The maximum absolute atomic E-state index is 10.9. The molecule has 1 aromatic carbocycles. The Balaban J connectivity index is 2.03. The van der Waals surface area contributed by atoms with Gasteiger partial charge in [0, 0.05) is 17.1 Å². The van der Waals surface area contributed by atoms with Crippen LogP contribution in [0.25, 0.3) is 0 Å². The van der Waals surface area contributed by atoms with Crippen LogP contribution in [0.2, 0.25) is 0 Å². The molecule has 0 atom stereocenters. The highest BCUT2D eigenvalue weighted by Crippen LogP contribution is 2.22. The largest absolute Gasteiger partial charge is 0.478 e. The van der Waals surface area contributed by atoms with E-state index < -0.39 is 5.97 Å². The molecule has 0 spiro atoms. The molecule has 0 radical (unpaired) electrons. The summed E-state index contributed by atoms with van der Waals surface area (Å²) in [5.41, 5.74) is 1.45. The number of carboxylic acid groups (broad SMARTS) is 1. The third-order valence-corrected chi connectivity index (χ3v) is 4.39. The highest BCUT2D eigenvalue weighted by Gasteiger charge is 2.18. The third kappa shape index (κ3) is 3.78. The summed E-state index contributed by atoms with van der Waals surface area (Å²) in [5.74, 6) is -0.890. The SMILES string of the molecule is CN(Cc1ccc(C(=O)O)cc1Br)C1CCNCC1. The van der Waals surface area contributed by atoms with Gasteiger partial charge in [-0.3, -0.25) is 4.90 Å². The van der Waals surface area contributed by atoms with Crippen molar-refractivity contribution in [2.75, 3.05) is 20.1 Å². The zero-order valence-electron chi connectivity index (χ0n) is 11.0. The van der Waals surface area contributed by atoms with Gasteiger partial charge in [-0.15, -0.1) is 0 Å². The summed E-state index contributed by atoms with van der Waals surface area (Å²) in [4.78, 5) is 13.2. The normalized spacial score (nSPS) is 16.8. The lowest BCUT2D eigenvalue weighted by atomic mass is 10.0. The first-order chi connectivity index (χ1) is 9.08. The van der Waals surface area contributed by atoms with E-state index in [1.165, 1.54) is 12.8 Å². The average Bonchev–Trinajstić information content (AvgIpc) is 2.41. The van der Waals surface area contributed by atoms with Crippen LogP contribution in [0.1, 0.15) is 28.8 Å². The van der Waals surface area contributed by atoms with Crippen LogP contribution in [0.3, 0.4) is 0 Å². The third-order valence-electron chi connectivity index (χ3n) is 3.65. The topological polar surface area (TPSA) is 52.6 Å². The summed E-state index contributed by atoms with van der Waals surface area (Å²) in [6, 6.07) is 5.84. The van der Waals surface area contributed by atoms with Gasteiger partial charge in [0.25, 0.3) is 0 Å². The number of benzene rings is 1. The number of hydrogen-bond acceptors (Lipinski definition) is 3. The van der Waals surface area contributed by atoms with Crippen molar-refractivity contribution in [1.82, 2.24) is 10.2 Å². The van der Waals surface area contributed by atoms with Crippen LogP contribution in [-0.2, 0) is 6.54 Å². The molecule has 2 N–H and O–H groups in total. The maximum Gasteiger partial charge on any atom is 0.335 e. The van der Waals surface area contributed by atoms with Crippen LogP contribution in [0.5, 0.6) is 0 Å². The first-order valence-corrected chi connectivity index (χ1v) is 7.30. The predicted octanol–water partition coefficient (Wildman–Crippen LogP) is 2.33. The molecule has 2 rings (SSSR count). The standard InChI is InChI=1S/C14H19BrN2O2/c1-17(12-4-6-16-7-5-12)9-11-3-2-10(14(18)19)8-13(11)15/h2-3,8,12,16H,4-7,9H2,1H3,(H,18,19). The number of rotatable bonds is 4. The van der Waals surface area contributed by atoms with E-state index in [1.54, 1.807) is 12.1 Å². The van der Waals surface area contributed by atoms with Gasteiger partial charge in [-0.1, -0.05) is 22.0 Å². The van der Waals surface area contributed by atoms with E-state index in [1.807, 2.05) is 6.07 Å². The van der Waals surface area contributed by atoms with Crippen molar-refractivity contribution in [1.29, 1.82) is 0 Å². The molecule has 1 fully saturated rings. The first-order valence-electron chi connectivity index (χ1n) is 6.50. The molecule has 0 saturated carbocycles. The van der Waals surface area contributed by atoms with E-state index in [0.717, 1.165) is 29.7 Å². The van der Waals surface area contributed by atoms with Gasteiger partial charge < -0.3 is 10.4 Å². The zero-order valence-corrected chi connectivity index (χ0v) is 12.6. The Morgan fingerprint density at radius 3 is 2.74 bits per heavy atom. The zero-order chi connectivity index (χ0) is 13.8. The van der Waals surface area contributed by atoms with E-state index in [4.69, 9.17) is 5.11 Å². The van der Waals surface area contributed by atoms with Crippen LogP contribution in [0, 0.1) is 0 Å². The molecule has 0 aliphatic carbocycles. The summed E-state index contributed by atoms with van der Waals surface area (Å²) in [5, 5.41) is 12.3. The van der Waals surface area contributed by atoms with Gasteiger partial charge in [0.05, 0.1) is 5.56 Å². The fraction of sp³-hybridized carbons (Fsp3) is 0.500. The van der Waals surface area contributed by atoms with Gasteiger partial charge in [0.15, 0.2) is 0 Å². The molecule has 0 unspecified atom stereocenters. The fourth-order valence-electron chi connectivity index (χ4n) is 2.45. The molecule has 0 amide bonds. The van der Waals surface area contributed by atoms with Gasteiger partial charge in [-0.05, 0) is 50.7 Å². The molecule has 1 aromatic rings. The molecule has 4 nitrogen and oxygen atoms in total. The highest BCUT2D eigenvalue weighted by atomic mass is 79.9. The number of nitrogens with one attached hydrogen (secondary N) is 1. The number of aromatic carboxylic acids is 1. The lowest BCUT2D eigenvalue weighted by Crippen LogP contribution is -2.40. The molecule has 0 aromatic heterocycles. The summed E-state index contributed by atoms with van der Waals surface area (Å²) in [6.07, 6.45) is 2.34. The second kappa shape index (κ2) is 6.50. The van der Waals surface area contributed by atoms with Crippen molar-refractivity contribution in [3.05, 3.63) is 33.8 Å². The molecule has 1 aliphatic rings. The quantitative estimate of drug-likeness (QED) is 0.891. The Morgan fingerprint density at radius 1 is 1.47 bits per heavy atom. The second-order valence-corrected chi connectivity index (χ2v) is 5.86. The van der Waals surface area contributed by atoms with E-state index in [2.05, 4.69) is 33.2 Å². The van der Waals surface area contributed by atoms with Gasteiger partial charge >= 0.3 is 5.97 Å². The number of piperidine rings is 1. The number of halogens is 1. The van der Waals surface area contributed by atoms with Crippen molar-refractivity contribution < 1.29 is 9.90 Å². The van der Waals surface area contributed by atoms with Crippen LogP contribution in [0.4, 0.5) is 0 Å². The minimum atomic E-state index is -0.890. The number of carboxylic acids is 1. The summed E-state index contributed by atoms with van der Waals surface area (Å²) in [7, 11) is 2.13. The molecule has 5 heteroatoms. The summed E-state index contributed by atoms with van der Waals surface area (Å²) < 4.78 is 0.869. The molecule has 0 bridgehead atoms. The molecule has 1 heterocycles. The van der Waals surface area contributed by atoms with Gasteiger partial charge in [-0.25, -0.2) is 4.79 Å². The smallest absolute Gasteiger partial charge is 0.335 e. The van der Waals surface area contributed by atoms with E-state index in [9.17, 15) is 4.79 Å². The van der Waals surface area contributed by atoms with Gasteiger partial charge in [0.2, 0.25) is 0 Å². The summed E-state index contributed by atoms with van der Waals surface area (Å²) in [6.45, 7) is 2.99. The van der Waals surface area contributed by atoms with Crippen LogP contribution in [-0.4, -0.2) is 42.2 Å². The van der Waals surface area contributed by atoms with Crippen LogP contribution in [0.15, 0.2) is 22.7 Å². The number of carbonyl (C=O) groups is 1. The molecule has 19 heavy (non-hydrogen) atoms. The lowest BCUT2D eigenvalue weighted by Gasteiger charge is -2.31. The minimum absolute atomic E-state index is 0.320. The predicted molar refractivity (Wildman–Crippen MR) is 78.5 cm³/mol. The maximum atomic E-state index is 10.9. The van der Waals surface area contributed by atoms with Crippen LogP contribution >= 0.6 is 15.9 Å². The Hall–Kier alpha value is -0.910. The first kappa shape index (κ1) is 14.5. The summed E-state index contributed by atoms with van der Waals surface area (Å²) >= 11 is 3.47. The van der Waals surface area contributed by atoms with Crippen molar-refractivity contribution in [3.8, 4) is 0 Å². The van der Waals surface area contributed by atoms with Crippen molar-refractivity contribution in [3.63, 3.8) is 0 Å². The Morgan fingerprint density at radius 2 is 2.16 bits per heavy atom.